The van der Waals surface area contributed by atoms with Crippen molar-refractivity contribution in [3.63, 3.8) is 0 Å². The van der Waals surface area contributed by atoms with Gasteiger partial charge in [-0.25, -0.2) is 4.99 Å². The molecule has 2 fully saturated rings. The van der Waals surface area contributed by atoms with Crippen LogP contribution in [0.3, 0.4) is 0 Å². The van der Waals surface area contributed by atoms with Crippen molar-refractivity contribution >= 4 is 53.1 Å². The molecule has 168 valence electrons. The number of rotatable bonds is 5. The van der Waals surface area contributed by atoms with Gasteiger partial charge in [0, 0.05) is 51.1 Å². The zero-order valence-electron chi connectivity index (χ0n) is 17.7. The van der Waals surface area contributed by atoms with Crippen LogP contribution in [0.1, 0.15) is 17.7 Å². The maximum absolute atomic E-state index is 12.8. The molecule has 3 heterocycles. The third-order valence-corrected chi connectivity index (χ3v) is 6.21. The molecule has 1 N–H and O–H groups in total. The fourth-order valence-electron chi connectivity index (χ4n) is 3.51. The number of likely N-dealkylation sites (N-methyl/N-ethyl adjacent to an activating group) is 1. The maximum atomic E-state index is 12.8. The van der Waals surface area contributed by atoms with Crippen LogP contribution in [-0.4, -0.2) is 92.5 Å². The van der Waals surface area contributed by atoms with Crippen molar-refractivity contribution in [2.45, 2.75) is 19.4 Å². The number of nitrogens with zero attached hydrogens (tertiary/aromatic N) is 4. The summed E-state index contributed by atoms with van der Waals surface area (Å²) in [7, 11) is 3.47. The highest BCUT2D eigenvalue weighted by Gasteiger charge is 2.30. The predicted molar refractivity (Wildman–Crippen MR) is 129 cm³/mol. The van der Waals surface area contributed by atoms with Crippen LogP contribution in [0.5, 0.6) is 0 Å². The first-order chi connectivity index (χ1) is 14.0. The van der Waals surface area contributed by atoms with Gasteiger partial charge in [-0.1, -0.05) is 6.07 Å². The van der Waals surface area contributed by atoms with E-state index in [2.05, 4.69) is 21.3 Å². The second-order valence-electron chi connectivity index (χ2n) is 7.56. The normalized spacial score (nSPS) is 18.0. The minimum Gasteiger partial charge on any atom is -0.378 e. The number of thiophene rings is 1. The number of morpholine rings is 1. The number of guanidine groups is 1. The summed E-state index contributed by atoms with van der Waals surface area (Å²) in [5.41, 5.74) is 0. The van der Waals surface area contributed by atoms with E-state index in [1.165, 1.54) is 4.88 Å². The Morgan fingerprint density at radius 3 is 2.50 bits per heavy atom. The van der Waals surface area contributed by atoms with E-state index in [1.54, 1.807) is 30.3 Å². The number of likely N-dealkylation sites (tertiary alicyclic amines) is 1. The Morgan fingerprint density at radius 1 is 1.20 bits per heavy atom. The number of carbonyl (C=O) groups excluding carboxylic acids is 2. The van der Waals surface area contributed by atoms with Crippen molar-refractivity contribution in [3.8, 4) is 0 Å². The van der Waals surface area contributed by atoms with Gasteiger partial charge in [0.05, 0.1) is 19.8 Å². The van der Waals surface area contributed by atoms with Crippen molar-refractivity contribution in [1.82, 2.24) is 20.0 Å². The smallest absolute Gasteiger partial charge is 0.243 e. The van der Waals surface area contributed by atoms with Gasteiger partial charge in [-0.2, -0.15) is 0 Å². The van der Waals surface area contributed by atoms with Crippen molar-refractivity contribution in [2.75, 3.05) is 60.0 Å². The monoisotopic (exact) mass is 549 g/mol. The molecule has 0 aromatic carbocycles. The van der Waals surface area contributed by atoms with Crippen LogP contribution < -0.4 is 5.32 Å². The molecule has 3 rings (SSSR count). The van der Waals surface area contributed by atoms with E-state index < -0.39 is 0 Å². The first-order valence-electron chi connectivity index (χ1n) is 10.2. The lowest BCUT2D eigenvalue weighted by atomic mass is 9.95. The number of amides is 2. The second kappa shape index (κ2) is 12.5. The minimum atomic E-state index is -0.0298. The van der Waals surface area contributed by atoms with E-state index in [0.29, 0.717) is 32.8 Å². The molecule has 8 nitrogen and oxygen atoms in total. The molecule has 2 aliphatic rings. The number of hydrogen-bond donors (Lipinski definition) is 1. The van der Waals surface area contributed by atoms with Crippen LogP contribution in [-0.2, 0) is 20.9 Å². The summed E-state index contributed by atoms with van der Waals surface area (Å²) in [6.45, 7) is 4.97. The predicted octanol–water partition coefficient (Wildman–Crippen LogP) is 1.47. The third kappa shape index (κ3) is 7.09. The molecule has 0 atom stereocenters. The van der Waals surface area contributed by atoms with Crippen LogP contribution >= 0.6 is 35.3 Å². The Labute approximate surface area is 199 Å². The van der Waals surface area contributed by atoms with Crippen LogP contribution in [0.4, 0.5) is 0 Å². The molecular formula is C20H32IN5O3S. The number of nitrogens with one attached hydrogen (secondary N) is 1. The van der Waals surface area contributed by atoms with Crippen LogP contribution in [0, 0.1) is 5.92 Å². The average Bonchev–Trinajstić information content (AvgIpc) is 3.27. The number of carbonyl (C=O) groups is 2. The standard InChI is InChI=1S/C20H31N5O3S.HI/c1-23(2)18(26)15-22-20(21-14-17-4-3-13-29-17)25-7-5-16(6-8-25)19(27)24-9-11-28-12-10-24;/h3-4,13,16H,5-12,14-15H2,1-2H3,(H,21,22);1H. The summed E-state index contributed by atoms with van der Waals surface area (Å²) in [6.07, 6.45) is 1.61. The second-order valence-corrected chi connectivity index (χ2v) is 8.59. The zero-order chi connectivity index (χ0) is 20.6. The molecule has 30 heavy (non-hydrogen) atoms. The molecular weight excluding hydrogens is 517 g/mol. The van der Waals surface area contributed by atoms with Crippen molar-refractivity contribution < 1.29 is 14.3 Å². The minimum absolute atomic E-state index is 0. The van der Waals surface area contributed by atoms with E-state index in [0.717, 1.165) is 31.9 Å². The van der Waals surface area contributed by atoms with E-state index >= 15 is 0 Å². The number of hydrogen-bond acceptors (Lipinski definition) is 5. The highest BCUT2D eigenvalue weighted by atomic mass is 127. The average molecular weight is 549 g/mol. The molecule has 10 heteroatoms. The van der Waals surface area contributed by atoms with E-state index in [1.807, 2.05) is 16.3 Å². The Bertz CT molecular complexity index is 699. The largest absolute Gasteiger partial charge is 0.378 e. The molecule has 0 bridgehead atoms. The quantitative estimate of drug-likeness (QED) is 0.342. The lowest BCUT2D eigenvalue weighted by molar-refractivity contribution is -0.140. The molecule has 2 amide bonds. The summed E-state index contributed by atoms with van der Waals surface area (Å²) in [4.78, 5) is 36.2. The van der Waals surface area contributed by atoms with Gasteiger partial charge in [-0.05, 0) is 24.3 Å². The number of piperidine rings is 1. The first kappa shape index (κ1) is 24.9. The highest BCUT2D eigenvalue weighted by Crippen LogP contribution is 2.20. The van der Waals surface area contributed by atoms with Crippen LogP contribution in [0.15, 0.2) is 22.5 Å². The van der Waals surface area contributed by atoms with Gasteiger partial charge >= 0.3 is 0 Å². The molecule has 0 radical (unpaired) electrons. The van der Waals surface area contributed by atoms with Gasteiger partial charge in [0.15, 0.2) is 5.96 Å². The summed E-state index contributed by atoms with van der Waals surface area (Å²) < 4.78 is 5.35. The van der Waals surface area contributed by atoms with E-state index in [4.69, 9.17) is 4.74 Å². The molecule has 0 spiro atoms. The lowest BCUT2D eigenvalue weighted by Gasteiger charge is -2.36. The van der Waals surface area contributed by atoms with Crippen LogP contribution in [0.25, 0.3) is 0 Å². The molecule has 1 aromatic rings. The summed E-state index contributed by atoms with van der Waals surface area (Å²) >= 11 is 1.69. The van der Waals surface area contributed by atoms with Gasteiger partial charge in [-0.3, -0.25) is 9.59 Å². The van der Waals surface area contributed by atoms with E-state index in [-0.39, 0.29) is 48.3 Å². The molecule has 2 saturated heterocycles. The number of aliphatic imine (C=N–C) groups is 1. The maximum Gasteiger partial charge on any atom is 0.243 e. The Balaban J connectivity index is 0.00000320. The van der Waals surface area contributed by atoms with Gasteiger partial charge in [-0.15, -0.1) is 35.3 Å². The topological polar surface area (TPSA) is 77.5 Å². The Hall–Kier alpha value is -1.40. The van der Waals surface area contributed by atoms with Crippen molar-refractivity contribution in [2.24, 2.45) is 10.9 Å². The number of halogens is 1. The summed E-state index contributed by atoms with van der Waals surface area (Å²) in [5, 5.41) is 5.45. The van der Waals surface area contributed by atoms with Gasteiger partial charge in [0.2, 0.25) is 11.8 Å². The Morgan fingerprint density at radius 2 is 1.90 bits per heavy atom. The SMILES string of the molecule is CN(C)C(=O)CN=C(NCc1cccs1)N1CCC(C(=O)N2CCOCC2)CC1.I. The first-order valence-corrected chi connectivity index (χ1v) is 11.0. The fourth-order valence-corrected chi connectivity index (χ4v) is 4.16. The number of ether oxygens (including phenoxy) is 1. The molecule has 0 saturated carbocycles. The summed E-state index contributed by atoms with van der Waals surface area (Å²) in [5.74, 6) is 1.02. The molecule has 2 aliphatic heterocycles. The van der Waals surface area contributed by atoms with Gasteiger partial charge < -0.3 is 24.8 Å². The van der Waals surface area contributed by atoms with E-state index in [9.17, 15) is 9.59 Å². The molecule has 0 unspecified atom stereocenters. The summed E-state index contributed by atoms with van der Waals surface area (Å²) in [6, 6.07) is 4.10. The Kier molecular flexibility index (Phi) is 10.3. The van der Waals surface area contributed by atoms with Gasteiger partial charge in [0.25, 0.3) is 0 Å². The molecule has 1 aromatic heterocycles. The van der Waals surface area contributed by atoms with Crippen molar-refractivity contribution in [3.05, 3.63) is 22.4 Å². The fraction of sp³-hybridized carbons (Fsp3) is 0.650. The lowest BCUT2D eigenvalue weighted by Crippen LogP contribution is -2.50. The van der Waals surface area contributed by atoms with Crippen LogP contribution in [0.2, 0.25) is 0 Å². The van der Waals surface area contributed by atoms with Gasteiger partial charge in [0.1, 0.15) is 6.54 Å². The third-order valence-electron chi connectivity index (χ3n) is 5.33. The van der Waals surface area contributed by atoms with Crippen molar-refractivity contribution in [1.29, 1.82) is 0 Å². The highest BCUT2D eigenvalue weighted by molar-refractivity contribution is 14.0. The molecule has 0 aliphatic carbocycles. The zero-order valence-corrected chi connectivity index (χ0v) is 20.9.